The van der Waals surface area contributed by atoms with Crippen LogP contribution in [0.2, 0.25) is 0 Å². The highest BCUT2D eigenvalue weighted by Crippen LogP contribution is 2.25. The molecule has 2 unspecified atom stereocenters. The topological polar surface area (TPSA) is 40.6 Å². The molecule has 1 N–H and O–H groups in total. The summed E-state index contributed by atoms with van der Waals surface area (Å²) < 4.78 is 5.56. The van der Waals surface area contributed by atoms with E-state index in [9.17, 15) is 0 Å². The average molecular weight is 278 g/mol. The Hall–Kier alpha value is -1.17. The van der Waals surface area contributed by atoms with Gasteiger partial charge < -0.3 is 15.0 Å². The summed E-state index contributed by atoms with van der Waals surface area (Å²) in [6.45, 7) is 5.94. The van der Waals surface area contributed by atoms with Crippen molar-refractivity contribution in [1.82, 2.24) is 20.1 Å². The molecule has 1 aliphatic rings. The van der Waals surface area contributed by atoms with Crippen molar-refractivity contribution in [1.29, 1.82) is 0 Å². The number of rotatable bonds is 5. The van der Waals surface area contributed by atoms with Gasteiger partial charge in [0, 0.05) is 31.9 Å². The van der Waals surface area contributed by atoms with Gasteiger partial charge in [-0.3, -0.25) is 9.88 Å². The molecule has 5 heteroatoms. The highest BCUT2D eigenvalue weighted by Gasteiger charge is 2.30. The summed E-state index contributed by atoms with van der Waals surface area (Å²) >= 11 is 0. The predicted molar refractivity (Wildman–Crippen MR) is 81.1 cm³/mol. The van der Waals surface area contributed by atoms with E-state index in [1.807, 2.05) is 20.2 Å². The van der Waals surface area contributed by atoms with E-state index in [2.05, 4.69) is 40.3 Å². The summed E-state index contributed by atoms with van der Waals surface area (Å²) in [5.74, 6) is 0.845. The minimum atomic E-state index is 0.260. The van der Waals surface area contributed by atoms with Crippen molar-refractivity contribution >= 4 is 0 Å². The summed E-state index contributed by atoms with van der Waals surface area (Å²) in [4.78, 5) is 9.12. The zero-order valence-electron chi connectivity index (χ0n) is 13.0. The largest absolute Gasteiger partial charge is 0.492 e. The van der Waals surface area contributed by atoms with Gasteiger partial charge in [-0.25, -0.2) is 0 Å². The third-order valence-electron chi connectivity index (χ3n) is 4.00. The molecule has 1 saturated heterocycles. The molecule has 1 fully saturated rings. The number of aromatic nitrogens is 1. The number of nitrogens with zero attached hydrogens (tertiary/aromatic N) is 3. The molecule has 2 rings (SSSR count). The van der Waals surface area contributed by atoms with Gasteiger partial charge in [-0.1, -0.05) is 0 Å². The lowest BCUT2D eigenvalue weighted by atomic mass is 9.97. The molecule has 0 amide bonds. The van der Waals surface area contributed by atoms with Crippen LogP contribution in [0.1, 0.15) is 18.5 Å². The third kappa shape index (κ3) is 3.48. The molecule has 1 aromatic heterocycles. The van der Waals surface area contributed by atoms with Crippen LogP contribution < -0.4 is 10.1 Å². The molecule has 1 aromatic rings. The number of hydrogen-bond acceptors (Lipinski definition) is 5. The standard InChI is InChI=1S/C15H26N4O/c1-5-20-13-8-12(9-17-10-13)15(16-2)14-11-18(3)6-7-19(14)4/h8-10,14-16H,5-7,11H2,1-4H3. The van der Waals surface area contributed by atoms with E-state index in [1.165, 1.54) is 5.56 Å². The third-order valence-corrected chi connectivity index (χ3v) is 4.00. The minimum Gasteiger partial charge on any atom is -0.492 e. The number of hydrogen-bond donors (Lipinski definition) is 1. The second-order valence-electron chi connectivity index (χ2n) is 5.46. The smallest absolute Gasteiger partial charge is 0.137 e. The molecule has 1 aliphatic heterocycles. The monoisotopic (exact) mass is 278 g/mol. The first kappa shape index (κ1) is 15.2. The lowest BCUT2D eigenvalue weighted by Gasteiger charge is -2.42. The van der Waals surface area contributed by atoms with Crippen molar-refractivity contribution in [3.8, 4) is 5.75 Å². The van der Waals surface area contributed by atoms with Crippen LogP contribution in [0, 0.1) is 0 Å². The number of nitrogens with one attached hydrogen (secondary N) is 1. The van der Waals surface area contributed by atoms with Gasteiger partial charge in [-0.15, -0.1) is 0 Å². The first-order valence-electron chi connectivity index (χ1n) is 7.29. The summed E-state index contributed by atoms with van der Waals surface area (Å²) in [7, 11) is 6.39. The Bertz CT molecular complexity index is 426. The predicted octanol–water partition coefficient (Wildman–Crippen LogP) is 0.987. The fourth-order valence-electron chi connectivity index (χ4n) is 2.84. The van der Waals surface area contributed by atoms with Gasteiger partial charge in [0.2, 0.25) is 0 Å². The van der Waals surface area contributed by atoms with Crippen LogP contribution in [0.25, 0.3) is 0 Å². The van der Waals surface area contributed by atoms with Crippen molar-refractivity contribution in [2.75, 3.05) is 47.4 Å². The number of pyridine rings is 1. The number of likely N-dealkylation sites (N-methyl/N-ethyl adjacent to an activating group) is 3. The Labute approximate surface area is 121 Å². The van der Waals surface area contributed by atoms with Crippen LogP contribution in [-0.2, 0) is 0 Å². The molecular weight excluding hydrogens is 252 g/mol. The van der Waals surface area contributed by atoms with Crippen LogP contribution in [0.5, 0.6) is 5.75 Å². The molecule has 20 heavy (non-hydrogen) atoms. The van der Waals surface area contributed by atoms with Crippen LogP contribution in [0.4, 0.5) is 0 Å². The van der Waals surface area contributed by atoms with Crippen molar-refractivity contribution < 1.29 is 4.74 Å². The van der Waals surface area contributed by atoms with Gasteiger partial charge in [0.1, 0.15) is 5.75 Å². The van der Waals surface area contributed by atoms with Crippen LogP contribution in [-0.4, -0.2) is 68.2 Å². The summed E-state index contributed by atoms with van der Waals surface area (Å²) in [5, 5.41) is 3.44. The van der Waals surface area contributed by atoms with Gasteiger partial charge in [0.25, 0.3) is 0 Å². The SMILES string of the molecule is CCOc1cncc(C(NC)C2CN(C)CCN2C)c1. The Morgan fingerprint density at radius 3 is 2.90 bits per heavy atom. The summed E-state index contributed by atoms with van der Waals surface area (Å²) in [5.41, 5.74) is 1.19. The zero-order chi connectivity index (χ0) is 14.5. The van der Waals surface area contributed by atoms with Crippen LogP contribution in [0.3, 0.4) is 0 Å². The maximum absolute atomic E-state index is 5.56. The lowest BCUT2D eigenvalue weighted by molar-refractivity contribution is 0.0895. The second-order valence-corrected chi connectivity index (χ2v) is 5.46. The molecule has 2 atom stereocenters. The molecule has 0 bridgehead atoms. The van der Waals surface area contributed by atoms with Gasteiger partial charge in [-0.2, -0.15) is 0 Å². The van der Waals surface area contributed by atoms with Gasteiger partial charge in [0.15, 0.2) is 0 Å². The molecule has 0 aliphatic carbocycles. The Morgan fingerprint density at radius 2 is 2.20 bits per heavy atom. The van der Waals surface area contributed by atoms with Gasteiger partial charge in [0.05, 0.1) is 18.8 Å². The van der Waals surface area contributed by atoms with Gasteiger partial charge >= 0.3 is 0 Å². The Morgan fingerprint density at radius 1 is 1.40 bits per heavy atom. The van der Waals surface area contributed by atoms with E-state index in [4.69, 9.17) is 4.74 Å². The minimum absolute atomic E-state index is 0.260. The molecule has 0 radical (unpaired) electrons. The molecular formula is C15H26N4O. The summed E-state index contributed by atoms with van der Waals surface area (Å²) in [6.07, 6.45) is 3.71. The quantitative estimate of drug-likeness (QED) is 0.870. The van der Waals surface area contributed by atoms with Gasteiger partial charge in [-0.05, 0) is 39.7 Å². The van der Waals surface area contributed by atoms with Crippen molar-refractivity contribution in [3.63, 3.8) is 0 Å². The maximum atomic E-state index is 5.56. The fraction of sp³-hybridized carbons (Fsp3) is 0.667. The summed E-state index contributed by atoms with van der Waals surface area (Å²) in [6, 6.07) is 2.80. The Kier molecular flexibility index (Phi) is 5.34. The number of ether oxygens (including phenoxy) is 1. The Balaban J connectivity index is 2.20. The van der Waals surface area contributed by atoms with Crippen LogP contribution in [0.15, 0.2) is 18.5 Å². The molecule has 5 nitrogen and oxygen atoms in total. The zero-order valence-corrected chi connectivity index (χ0v) is 13.0. The molecule has 0 aromatic carbocycles. The highest BCUT2D eigenvalue weighted by atomic mass is 16.5. The fourth-order valence-corrected chi connectivity index (χ4v) is 2.84. The van der Waals surface area contributed by atoms with Crippen LogP contribution >= 0.6 is 0 Å². The average Bonchev–Trinajstić information content (AvgIpc) is 2.44. The van der Waals surface area contributed by atoms with E-state index in [-0.39, 0.29) is 6.04 Å². The molecule has 0 spiro atoms. The normalized spacial score (nSPS) is 22.7. The van der Waals surface area contributed by atoms with E-state index in [1.54, 1.807) is 6.20 Å². The van der Waals surface area contributed by atoms with E-state index < -0.39 is 0 Å². The first-order valence-corrected chi connectivity index (χ1v) is 7.29. The lowest BCUT2D eigenvalue weighted by Crippen LogP contribution is -2.54. The first-order chi connectivity index (χ1) is 9.65. The van der Waals surface area contributed by atoms with E-state index in [0.29, 0.717) is 12.6 Å². The molecule has 2 heterocycles. The van der Waals surface area contributed by atoms with E-state index >= 15 is 0 Å². The van der Waals surface area contributed by atoms with Crippen molar-refractivity contribution in [2.24, 2.45) is 0 Å². The van der Waals surface area contributed by atoms with Crippen molar-refractivity contribution in [2.45, 2.75) is 19.0 Å². The van der Waals surface area contributed by atoms with E-state index in [0.717, 1.165) is 25.4 Å². The highest BCUT2D eigenvalue weighted by molar-refractivity contribution is 5.27. The van der Waals surface area contributed by atoms with Crippen molar-refractivity contribution in [3.05, 3.63) is 24.0 Å². The number of piperazine rings is 1. The maximum Gasteiger partial charge on any atom is 0.137 e. The molecule has 112 valence electrons. The second kappa shape index (κ2) is 7.02. The molecule has 0 saturated carbocycles.